The normalized spacial score (nSPS) is 10.7. The quantitative estimate of drug-likeness (QED) is 0.313. The summed E-state index contributed by atoms with van der Waals surface area (Å²) in [6.07, 6.45) is 0. The van der Waals surface area contributed by atoms with Crippen LogP contribution in [0.3, 0.4) is 0 Å². The molecule has 0 aliphatic heterocycles. The number of nitrogens with zero attached hydrogens (tertiary/aromatic N) is 3. The zero-order valence-corrected chi connectivity index (χ0v) is 20.2. The maximum absolute atomic E-state index is 13.6. The van der Waals surface area contributed by atoms with Crippen LogP contribution in [0.25, 0.3) is 5.69 Å². The predicted molar refractivity (Wildman–Crippen MR) is 133 cm³/mol. The maximum atomic E-state index is 13.6. The lowest BCUT2D eigenvalue weighted by atomic mass is 10.2. The largest absolute Gasteiger partial charge is 0.497 e. The number of hydrogen-bond acceptors (Lipinski definition) is 6. The number of rotatable bonds is 10. The standard InChI is InChI=1S/C26H25FN4O3S/c1-3-34-23-13-9-21(10-14-23)31-24(16-28-25(32)19-7-11-22(33-2)12-8-19)29-30-26(31)35-17-18-5-4-6-20(27)15-18/h4-15H,3,16-17H2,1-2H3,(H,28,32). The fourth-order valence-corrected chi connectivity index (χ4v) is 4.32. The van der Waals surface area contributed by atoms with Gasteiger partial charge in [-0.15, -0.1) is 10.2 Å². The van der Waals surface area contributed by atoms with Crippen LogP contribution in [-0.2, 0) is 12.3 Å². The number of halogens is 1. The molecule has 0 aliphatic rings. The first-order valence-electron chi connectivity index (χ1n) is 11.0. The Kier molecular flexibility index (Phi) is 7.99. The number of aromatic nitrogens is 3. The Hall–Kier alpha value is -3.85. The number of amides is 1. The summed E-state index contributed by atoms with van der Waals surface area (Å²) in [4.78, 5) is 12.7. The van der Waals surface area contributed by atoms with Crippen molar-refractivity contribution >= 4 is 17.7 Å². The second-order valence-electron chi connectivity index (χ2n) is 7.49. The molecule has 0 saturated carbocycles. The lowest BCUT2D eigenvalue weighted by molar-refractivity contribution is 0.0949. The molecule has 7 nitrogen and oxygen atoms in total. The molecule has 0 atom stereocenters. The molecular formula is C26H25FN4O3S. The number of hydrogen-bond donors (Lipinski definition) is 1. The molecule has 1 amide bonds. The smallest absolute Gasteiger partial charge is 0.251 e. The molecule has 3 aromatic carbocycles. The van der Waals surface area contributed by atoms with E-state index in [0.29, 0.717) is 34.7 Å². The summed E-state index contributed by atoms with van der Waals surface area (Å²) in [7, 11) is 1.58. The van der Waals surface area contributed by atoms with Gasteiger partial charge >= 0.3 is 0 Å². The highest BCUT2D eigenvalue weighted by atomic mass is 32.2. The predicted octanol–water partition coefficient (Wildman–Crippen LogP) is 5.04. The van der Waals surface area contributed by atoms with Crippen molar-refractivity contribution in [3.05, 3.63) is 95.6 Å². The third-order valence-electron chi connectivity index (χ3n) is 5.12. The molecule has 180 valence electrons. The molecule has 1 N–H and O–H groups in total. The van der Waals surface area contributed by atoms with E-state index in [1.54, 1.807) is 37.4 Å². The van der Waals surface area contributed by atoms with Gasteiger partial charge in [-0.1, -0.05) is 23.9 Å². The van der Waals surface area contributed by atoms with Gasteiger partial charge in [-0.05, 0) is 73.2 Å². The van der Waals surface area contributed by atoms with E-state index in [2.05, 4.69) is 15.5 Å². The number of carbonyl (C=O) groups excluding carboxylic acids is 1. The summed E-state index contributed by atoms with van der Waals surface area (Å²) in [6.45, 7) is 2.67. The molecule has 0 spiro atoms. The molecule has 0 fully saturated rings. The first kappa shape index (κ1) is 24.3. The van der Waals surface area contributed by atoms with Crippen molar-refractivity contribution in [3.63, 3.8) is 0 Å². The van der Waals surface area contributed by atoms with Gasteiger partial charge in [0.05, 0.1) is 20.3 Å². The van der Waals surface area contributed by atoms with Crippen molar-refractivity contribution in [2.24, 2.45) is 0 Å². The molecule has 4 aromatic rings. The molecule has 1 aromatic heterocycles. The summed E-state index contributed by atoms with van der Waals surface area (Å²) in [5.41, 5.74) is 2.18. The molecule has 0 aliphatic carbocycles. The molecular weight excluding hydrogens is 467 g/mol. The van der Waals surface area contributed by atoms with Crippen LogP contribution in [0.1, 0.15) is 28.7 Å². The zero-order valence-electron chi connectivity index (χ0n) is 19.4. The van der Waals surface area contributed by atoms with E-state index >= 15 is 0 Å². The number of benzene rings is 3. The first-order valence-corrected chi connectivity index (χ1v) is 12.0. The van der Waals surface area contributed by atoms with Crippen LogP contribution in [0.2, 0.25) is 0 Å². The molecule has 4 rings (SSSR count). The van der Waals surface area contributed by atoms with Crippen LogP contribution < -0.4 is 14.8 Å². The van der Waals surface area contributed by atoms with Gasteiger partial charge in [0.1, 0.15) is 17.3 Å². The summed E-state index contributed by atoms with van der Waals surface area (Å²) >= 11 is 1.44. The van der Waals surface area contributed by atoms with Crippen LogP contribution in [0, 0.1) is 5.82 Å². The third kappa shape index (κ3) is 6.19. The Morgan fingerprint density at radius 1 is 1.03 bits per heavy atom. The van der Waals surface area contributed by atoms with Crippen molar-refractivity contribution in [2.45, 2.75) is 24.4 Å². The minimum atomic E-state index is -0.280. The van der Waals surface area contributed by atoms with Gasteiger partial charge in [-0.2, -0.15) is 0 Å². The maximum Gasteiger partial charge on any atom is 0.251 e. The third-order valence-corrected chi connectivity index (χ3v) is 6.12. The van der Waals surface area contributed by atoms with Gasteiger partial charge in [0.25, 0.3) is 5.91 Å². The Balaban J connectivity index is 1.56. The van der Waals surface area contributed by atoms with Gasteiger partial charge in [-0.3, -0.25) is 9.36 Å². The number of ether oxygens (including phenoxy) is 2. The van der Waals surface area contributed by atoms with E-state index in [0.717, 1.165) is 17.0 Å². The van der Waals surface area contributed by atoms with Crippen LogP contribution in [0.15, 0.2) is 78.0 Å². The molecule has 0 bridgehead atoms. The highest BCUT2D eigenvalue weighted by Crippen LogP contribution is 2.27. The van der Waals surface area contributed by atoms with Gasteiger partial charge < -0.3 is 14.8 Å². The van der Waals surface area contributed by atoms with E-state index < -0.39 is 0 Å². The molecule has 1 heterocycles. The van der Waals surface area contributed by atoms with Gasteiger partial charge in [0.2, 0.25) is 0 Å². The lowest BCUT2D eigenvalue weighted by Gasteiger charge is -2.12. The minimum Gasteiger partial charge on any atom is -0.497 e. The number of thioether (sulfide) groups is 1. The average Bonchev–Trinajstić information content (AvgIpc) is 3.29. The van der Waals surface area contributed by atoms with Crippen LogP contribution in [0.4, 0.5) is 4.39 Å². The van der Waals surface area contributed by atoms with E-state index in [1.807, 2.05) is 41.8 Å². The Morgan fingerprint density at radius 2 is 1.77 bits per heavy atom. The van der Waals surface area contributed by atoms with Crippen molar-refractivity contribution in [1.29, 1.82) is 0 Å². The molecule has 0 unspecified atom stereocenters. The fourth-order valence-electron chi connectivity index (χ4n) is 3.40. The summed E-state index contributed by atoms with van der Waals surface area (Å²) < 4.78 is 26.2. The van der Waals surface area contributed by atoms with Crippen LogP contribution in [-0.4, -0.2) is 34.4 Å². The van der Waals surface area contributed by atoms with Crippen molar-refractivity contribution < 1.29 is 18.7 Å². The molecule has 0 radical (unpaired) electrons. The summed E-state index contributed by atoms with van der Waals surface area (Å²) in [5, 5.41) is 12.2. The second-order valence-corrected chi connectivity index (χ2v) is 8.43. The van der Waals surface area contributed by atoms with Crippen molar-refractivity contribution in [3.8, 4) is 17.2 Å². The Labute approximate surface area is 207 Å². The fraction of sp³-hybridized carbons (Fsp3) is 0.192. The van der Waals surface area contributed by atoms with Crippen LogP contribution in [0.5, 0.6) is 11.5 Å². The van der Waals surface area contributed by atoms with Gasteiger partial charge in [-0.25, -0.2) is 4.39 Å². The van der Waals surface area contributed by atoms with E-state index in [1.165, 1.54) is 23.9 Å². The topological polar surface area (TPSA) is 78.3 Å². The SMILES string of the molecule is CCOc1ccc(-n2c(CNC(=O)c3ccc(OC)cc3)nnc2SCc2cccc(F)c2)cc1. The highest BCUT2D eigenvalue weighted by molar-refractivity contribution is 7.98. The lowest BCUT2D eigenvalue weighted by Crippen LogP contribution is -2.24. The summed E-state index contributed by atoms with van der Waals surface area (Å²) in [6, 6.07) is 20.9. The molecule has 9 heteroatoms. The van der Waals surface area contributed by atoms with Crippen molar-refractivity contribution in [2.75, 3.05) is 13.7 Å². The minimum absolute atomic E-state index is 0.172. The Bertz CT molecular complexity index is 1280. The Morgan fingerprint density at radius 3 is 2.46 bits per heavy atom. The van der Waals surface area contributed by atoms with E-state index in [-0.39, 0.29) is 18.3 Å². The average molecular weight is 493 g/mol. The number of carbonyl (C=O) groups is 1. The molecule has 35 heavy (non-hydrogen) atoms. The van der Waals surface area contributed by atoms with E-state index in [9.17, 15) is 9.18 Å². The monoisotopic (exact) mass is 492 g/mol. The summed E-state index contributed by atoms with van der Waals surface area (Å²) in [5.74, 6) is 2.01. The highest BCUT2D eigenvalue weighted by Gasteiger charge is 2.16. The molecule has 0 saturated heterocycles. The van der Waals surface area contributed by atoms with Crippen molar-refractivity contribution in [1.82, 2.24) is 20.1 Å². The van der Waals surface area contributed by atoms with Crippen LogP contribution >= 0.6 is 11.8 Å². The van der Waals surface area contributed by atoms with E-state index in [4.69, 9.17) is 9.47 Å². The van der Waals surface area contributed by atoms with Gasteiger partial charge in [0.15, 0.2) is 11.0 Å². The number of nitrogens with one attached hydrogen (secondary N) is 1. The number of methoxy groups -OCH3 is 1. The van der Waals surface area contributed by atoms with Gasteiger partial charge in [0, 0.05) is 17.0 Å². The zero-order chi connectivity index (χ0) is 24.6. The first-order chi connectivity index (χ1) is 17.1. The second kappa shape index (κ2) is 11.5.